The van der Waals surface area contributed by atoms with Crippen LogP contribution in [0.25, 0.3) is 0 Å². The number of benzene rings is 1. The summed E-state index contributed by atoms with van der Waals surface area (Å²) in [6.07, 6.45) is 0.245. The van der Waals surface area contributed by atoms with Crippen LogP contribution in [0.4, 0.5) is 4.39 Å². The average molecular weight is 268 g/mol. The minimum atomic E-state index is -0.296. The Kier molecular flexibility index (Phi) is 4.91. The number of halogens is 1. The zero-order valence-corrected chi connectivity index (χ0v) is 11.6. The summed E-state index contributed by atoms with van der Waals surface area (Å²) in [6, 6.07) is 6.71. The predicted molar refractivity (Wildman–Crippen MR) is 70.2 cm³/mol. The van der Waals surface area contributed by atoms with Crippen molar-refractivity contribution >= 4 is 0 Å². The third-order valence-electron chi connectivity index (χ3n) is 3.70. The molecule has 4 atom stereocenters. The molecule has 1 aliphatic heterocycles. The number of hydrogen-bond acceptors (Lipinski definition) is 3. The van der Waals surface area contributed by atoms with Gasteiger partial charge in [-0.15, -0.1) is 0 Å². The smallest absolute Gasteiger partial charge is 0.163 e. The van der Waals surface area contributed by atoms with Crippen LogP contribution in [0.1, 0.15) is 31.7 Å². The van der Waals surface area contributed by atoms with E-state index >= 15 is 0 Å². The van der Waals surface area contributed by atoms with Gasteiger partial charge in [0.15, 0.2) is 12.6 Å². The van der Waals surface area contributed by atoms with Crippen molar-refractivity contribution in [1.29, 1.82) is 0 Å². The standard InChI is InChI=1S/C15H21FO3/c1-4-18-14-9-13(15(17-3)19-14)10(2)11-6-5-7-12(16)8-11/h5-8,10,13-15H,4,9H2,1-3H3. The van der Waals surface area contributed by atoms with Gasteiger partial charge in [-0.05, 0) is 30.5 Å². The molecule has 1 aromatic carbocycles. The topological polar surface area (TPSA) is 27.7 Å². The fraction of sp³-hybridized carbons (Fsp3) is 0.600. The molecule has 4 heteroatoms. The minimum Gasteiger partial charge on any atom is -0.355 e. The Morgan fingerprint density at radius 3 is 2.89 bits per heavy atom. The number of rotatable bonds is 5. The molecule has 0 radical (unpaired) electrons. The Bertz CT molecular complexity index is 410. The molecule has 19 heavy (non-hydrogen) atoms. The summed E-state index contributed by atoms with van der Waals surface area (Å²) in [5.41, 5.74) is 0.966. The molecule has 0 spiro atoms. The predicted octanol–water partition coefficient (Wildman–Crippen LogP) is 3.30. The fourth-order valence-electron chi connectivity index (χ4n) is 2.64. The highest BCUT2D eigenvalue weighted by atomic mass is 19.1. The maximum absolute atomic E-state index is 13.3. The maximum Gasteiger partial charge on any atom is 0.163 e. The van der Waals surface area contributed by atoms with Gasteiger partial charge in [-0.1, -0.05) is 19.1 Å². The summed E-state index contributed by atoms with van der Waals surface area (Å²) >= 11 is 0. The molecular formula is C15H21FO3. The fourth-order valence-corrected chi connectivity index (χ4v) is 2.64. The third-order valence-corrected chi connectivity index (χ3v) is 3.70. The number of hydrogen-bond donors (Lipinski definition) is 0. The lowest BCUT2D eigenvalue weighted by Gasteiger charge is -2.23. The first kappa shape index (κ1) is 14.4. The van der Waals surface area contributed by atoms with E-state index in [1.165, 1.54) is 6.07 Å². The summed E-state index contributed by atoms with van der Waals surface area (Å²) in [5, 5.41) is 0. The molecule has 1 aromatic rings. The van der Waals surface area contributed by atoms with Crippen LogP contribution in [-0.2, 0) is 14.2 Å². The second-order valence-electron chi connectivity index (χ2n) is 4.87. The summed E-state index contributed by atoms with van der Waals surface area (Å²) < 4.78 is 29.9. The van der Waals surface area contributed by atoms with Crippen LogP contribution < -0.4 is 0 Å². The molecule has 1 fully saturated rings. The van der Waals surface area contributed by atoms with Crippen molar-refractivity contribution in [3.05, 3.63) is 35.6 Å². The van der Waals surface area contributed by atoms with Crippen LogP contribution in [0.15, 0.2) is 24.3 Å². The van der Waals surface area contributed by atoms with Crippen molar-refractivity contribution in [3.63, 3.8) is 0 Å². The van der Waals surface area contributed by atoms with Crippen LogP contribution in [-0.4, -0.2) is 26.3 Å². The molecule has 0 aromatic heterocycles. The van der Waals surface area contributed by atoms with Gasteiger partial charge in [-0.25, -0.2) is 4.39 Å². The summed E-state index contributed by atoms with van der Waals surface area (Å²) in [6.45, 7) is 4.62. The van der Waals surface area contributed by atoms with Gasteiger partial charge in [-0.2, -0.15) is 0 Å². The van der Waals surface area contributed by atoms with E-state index in [-0.39, 0.29) is 30.2 Å². The first-order valence-corrected chi connectivity index (χ1v) is 6.71. The van der Waals surface area contributed by atoms with E-state index in [0.29, 0.717) is 6.61 Å². The summed E-state index contributed by atoms with van der Waals surface area (Å²) in [5.74, 6) is 0.119. The van der Waals surface area contributed by atoms with Gasteiger partial charge in [0.05, 0.1) is 0 Å². The van der Waals surface area contributed by atoms with Gasteiger partial charge in [0.2, 0.25) is 0 Å². The molecule has 0 N–H and O–H groups in total. The van der Waals surface area contributed by atoms with Gasteiger partial charge in [0.1, 0.15) is 5.82 Å². The van der Waals surface area contributed by atoms with Gasteiger partial charge >= 0.3 is 0 Å². The Balaban J connectivity index is 2.11. The van der Waals surface area contributed by atoms with Crippen LogP contribution in [0.3, 0.4) is 0 Å². The lowest BCUT2D eigenvalue weighted by Crippen LogP contribution is -2.23. The number of ether oxygens (including phenoxy) is 3. The van der Waals surface area contributed by atoms with E-state index in [4.69, 9.17) is 14.2 Å². The number of methoxy groups -OCH3 is 1. The molecular weight excluding hydrogens is 247 g/mol. The molecule has 4 unspecified atom stereocenters. The van der Waals surface area contributed by atoms with Gasteiger partial charge in [0.25, 0.3) is 0 Å². The van der Waals surface area contributed by atoms with Crippen molar-refractivity contribution in [2.24, 2.45) is 5.92 Å². The summed E-state index contributed by atoms with van der Waals surface area (Å²) in [4.78, 5) is 0. The molecule has 1 heterocycles. The molecule has 0 amide bonds. The third kappa shape index (κ3) is 3.32. The Morgan fingerprint density at radius 1 is 1.47 bits per heavy atom. The molecule has 3 nitrogen and oxygen atoms in total. The molecule has 1 saturated heterocycles. The van der Waals surface area contributed by atoms with E-state index in [0.717, 1.165) is 12.0 Å². The normalized spacial score (nSPS) is 28.5. The van der Waals surface area contributed by atoms with Crippen LogP contribution in [0, 0.1) is 11.7 Å². The van der Waals surface area contributed by atoms with Crippen LogP contribution in [0.2, 0.25) is 0 Å². The zero-order valence-electron chi connectivity index (χ0n) is 11.6. The quantitative estimate of drug-likeness (QED) is 0.820. The maximum atomic E-state index is 13.3. The monoisotopic (exact) mass is 268 g/mol. The highest BCUT2D eigenvalue weighted by molar-refractivity contribution is 5.21. The summed E-state index contributed by atoms with van der Waals surface area (Å²) in [7, 11) is 1.63. The molecule has 0 saturated carbocycles. The van der Waals surface area contributed by atoms with Crippen LogP contribution in [0.5, 0.6) is 0 Å². The van der Waals surface area contributed by atoms with Crippen molar-refractivity contribution < 1.29 is 18.6 Å². The first-order valence-electron chi connectivity index (χ1n) is 6.71. The molecule has 1 aliphatic rings. The van der Waals surface area contributed by atoms with Gasteiger partial charge < -0.3 is 14.2 Å². The van der Waals surface area contributed by atoms with E-state index < -0.39 is 0 Å². The molecule has 0 aliphatic carbocycles. The van der Waals surface area contributed by atoms with E-state index in [2.05, 4.69) is 6.92 Å². The van der Waals surface area contributed by atoms with Crippen molar-refractivity contribution in [3.8, 4) is 0 Å². The van der Waals surface area contributed by atoms with E-state index in [1.54, 1.807) is 19.2 Å². The molecule has 106 valence electrons. The average Bonchev–Trinajstić information content (AvgIpc) is 2.81. The molecule has 0 bridgehead atoms. The largest absolute Gasteiger partial charge is 0.355 e. The second-order valence-corrected chi connectivity index (χ2v) is 4.87. The highest BCUT2D eigenvalue weighted by Crippen LogP contribution is 2.38. The lowest BCUT2D eigenvalue weighted by molar-refractivity contribution is -0.201. The molecule has 2 rings (SSSR count). The van der Waals surface area contributed by atoms with E-state index in [9.17, 15) is 4.39 Å². The lowest BCUT2D eigenvalue weighted by atomic mass is 9.86. The van der Waals surface area contributed by atoms with Gasteiger partial charge in [-0.3, -0.25) is 0 Å². The second kappa shape index (κ2) is 6.46. The SMILES string of the molecule is CCOC1CC(C(C)c2cccc(F)c2)C(OC)O1. The highest BCUT2D eigenvalue weighted by Gasteiger charge is 2.39. The van der Waals surface area contributed by atoms with E-state index in [1.807, 2.05) is 13.0 Å². The Hall–Kier alpha value is -0.970. The van der Waals surface area contributed by atoms with Gasteiger partial charge in [0, 0.05) is 26.1 Å². The van der Waals surface area contributed by atoms with Crippen molar-refractivity contribution in [2.75, 3.05) is 13.7 Å². The zero-order chi connectivity index (χ0) is 13.8. The van der Waals surface area contributed by atoms with Crippen molar-refractivity contribution in [1.82, 2.24) is 0 Å². The minimum absolute atomic E-state index is 0.158. The Morgan fingerprint density at radius 2 is 2.26 bits per heavy atom. The Labute approximate surface area is 113 Å². The first-order chi connectivity index (χ1) is 9.15. The van der Waals surface area contributed by atoms with Crippen molar-refractivity contribution in [2.45, 2.75) is 38.8 Å². The van der Waals surface area contributed by atoms with Crippen LogP contribution >= 0.6 is 0 Å².